The molecule has 0 fully saturated rings. The number of para-hydroxylation sites is 1. The van der Waals surface area contributed by atoms with Crippen LogP contribution in [0.25, 0.3) is 27.8 Å². The first kappa shape index (κ1) is 16.6. The summed E-state index contributed by atoms with van der Waals surface area (Å²) in [5.74, 6) is 0.931. The molecule has 0 spiro atoms. The zero-order chi connectivity index (χ0) is 19.0. The number of methoxy groups -OCH3 is 1. The summed E-state index contributed by atoms with van der Waals surface area (Å²) in [7, 11) is 1.62. The van der Waals surface area contributed by atoms with Crippen molar-refractivity contribution in [3.63, 3.8) is 0 Å². The number of benzene rings is 2. The number of nitrogens with two attached hydrogens (primary N) is 1. The SMILES string of the molecule is COc1ccc(-c2c(C#N)c(N)nc3c2c(C)nn3-c2ccccc2)cc1. The lowest BCUT2D eigenvalue weighted by Crippen LogP contribution is -2.02. The van der Waals surface area contributed by atoms with Gasteiger partial charge < -0.3 is 10.5 Å². The van der Waals surface area contributed by atoms with Crippen LogP contribution in [0, 0.1) is 18.3 Å². The number of aromatic nitrogens is 3. The van der Waals surface area contributed by atoms with Crippen LogP contribution in [0.4, 0.5) is 5.82 Å². The van der Waals surface area contributed by atoms with Gasteiger partial charge in [0.05, 0.1) is 23.9 Å². The Morgan fingerprint density at radius 3 is 2.41 bits per heavy atom. The number of aryl methyl sites for hydroxylation is 1. The van der Waals surface area contributed by atoms with Crippen LogP contribution in [0.3, 0.4) is 0 Å². The number of fused-ring (bicyclic) bond motifs is 1. The van der Waals surface area contributed by atoms with E-state index in [0.29, 0.717) is 11.2 Å². The van der Waals surface area contributed by atoms with Crippen LogP contribution in [-0.2, 0) is 0 Å². The van der Waals surface area contributed by atoms with Gasteiger partial charge in [0, 0.05) is 5.56 Å². The van der Waals surface area contributed by atoms with Crippen molar-refractivity contribution in [1.82, 2.24) is 14.8 Å². The quantitative estimate of drug-likeness (QED) is 0.603. The maximum atomic E-state index is 9.71. The lowest BCUT2D eigenvalue weighted by Gasteiger charge is -2.10. The molecule has 0 unspecified atom stereocenters. The fraction of sp³-hybridized carbons (Fsp3) is 0.0952. The molecule has 0 radical (unpaired) electrons. The number of nitrogen functional groups attached to an aromatic ring is 1. The van der Waals surface area contributed by atoms with Crippen LogP contribution in [-0.4, -0.2) is 21.9 Å². The van der Waals surface area contributed by atoms with Gasteiger partial charge in [-0.1, -0.05) is 30.3 Å². The maximum Gasteiger partial charge on any atom is 0.166 e. The molecule has 4 aromatic rings. The lowest BCUT2D eigenvalue weighted by molar-refractivity contribution is 0.415. The van der Waals surface area contributed by atoms with E-state index in [0.717, 1.165) is 33.6 Å². The molecule has 0 saturated carbocycles. The van der Waals surface area contributed by atoms with Gasteiger partial charge in [-0.05, 0) is 36.8 Å². The first-order valence-electron chi connectivity index (χ1n) is 8.42. The average Bonchev–Trinajstić information content (AvgIpc) is 3.03. The summed E-state index contributed by atoms with van der Waals surface area (Å²) in [5, 5.41) is 15.2. The summed E-state index contributed by atoms with van der Waals surface area (Å²) in [6.45, 7) is 1.91. The number of nitrogens with zero attached hydrogens (tertiary/aromatic N) is 4. The summed E-state index contributed by atoms with van der Waals surface area (Å²) >= 11 is 0. The molecule has 0 aliphatic heterocycles. The van der Waals surface area contributed by atoms with E-state index < -0.39 is 0 Å². The molecule has 132 valence electrons. The Morgan fingerprint density at radius 2 is 1.78 bits per heavy atom. The normalized spacial score (nSPS) is 10.7. The molecular formula is C21H17N5O. The molecule has 6 nitrogen and oxygen atoms in total. The predicted octanol–water partition coefficient (Wildman–Crippen LogP) is 3.86. The van der Waals surface area contributed by atoms with Crippen LogP contribution >= 0.6 is 0 Å². The lowest BCUT2D eigenvalue weighted by atomic mass is 9.97. The number of rotatable bonds is 3. The second-order valence-corrected chi connectivity index (χ2v) is 6.12. The molecule has 0 atom stereocenters. The van der Waals surface area contributed by atoms with Crippen LogP contribution in [0.15, 0.2) is 54.6 Å². The first-order valence-corrected chi connectivity index (χ1v) is 8.42. The fourth-order valence-corrected chi connectivity index (χ4v) is 3.24. The van der Waals surface area contributed by atoms with Crippen molar-refractivity contribution < 1.29 is 4.74 Å². The van der Waals surface area contributed by atoms with Crippen molar-refractivity contribution in [1.29, 1.82) is 5.26 Å². The summed E-state index contributed by atoms with van der Waals surface area (Å²) in [6, 6.07) is 19.5. The summed E-state index contributed by atoms with van der Waals surface area (Å²) in [6.07, 6.45) is 0. The minimum Gasteiger partial charge on any atom is -0.497 e. The van der Waals surface area contributed by atoms with Crippen molar-refractivity contribution in [3.8, 4) is 28.6 Å². The molecule has 0 aliphatic rings. The van der Waals surface area contributed by atoms with Crippen LogP contribution < -0.4 is 10.5 Å². The van der Waals surface area contributed by atoms with Gasteiger partial charge in [0.2, 0.25) is 0 Å². The molecule has 2 aromatic carbocycles. The molecule has 2 heterocycles. The molecule has 0 bridgehead atoms. The van der Waals surface area contributed by atoms with E-state index in [1.807, 2.05) is 61.5 Å². The van der Waals surface area contributed by atoms with Gasteiger partial charge in [0.1, 0.15) is 23.2 Å². The van der Waals surface area contributed by atoms with Crippen molar-refractivity contribution >= 4 is 16.9 Å². The Labute approximate surface area is 156 Å². The molecule has 6 heteroatoms. The number of ether oxygens (including phenoxy) is 1. The third-order valence-electron chi connectivity index (χ3n) is 4.51. The van der Waals surface area contributed by atoms with E-state index in [4.69, 9.17) is 10.5 Å². The molecule has 2 aromatic heterocycles. The molecule has 0 aliphatic carbocycles. The summed E-state index contributed by atoms with van der Waals surface area (Å²) < 4.78 is 7.00. The zero-order valence-electron chi connectivity index (χ0n) is 15.0. The number of nitriles is 1. The van der Waals surface area contributed by atoms with Gasteiger partial charge in [-0.15, -0.1) is 0 Å². The predicted molar refractivity (Wildman–Crippen MR) is 105 cm³/mol. The van der Waals surface area contributed by atoms with Crippen molar-refractivity contribution in [2.45, 2.75) is 6.92 Å². The van der Waals surface area contributed by atoms with E-state index in [-0.39, 0.29) is 5.82 Å². The minimum absolute atomic E-state index is 0.188. The topological polar surface area (TPSA) is 89.8 Å². The van der Waals surface area contributed by atoms with Crippen molar-refractivity contribution in [2.75, 3.05) is 12.8 Å². The Morgan fingerprint density at radius 1 is 1.07 bits per heavy atom. The van der Waals surface area contributed by atoms with Gasteiger partial charge in [0.15, 0.2) is 5.65 Å². The Bertz CT molecular complexity index is 1170. The molecular weight excluding hydrogens is 338 g/mol. The van der Waals surface area contributed by atoms with Crippen LogP contribution in [0.5, 0.6) is 5.75 Å². The molecule has 2 N–H and O–H groups in total. The number of hydrogen-bond donors (Lipinski definition) is 1. The average molecular weight is 355 g/mol. The standard InChI is InChI=1S/C21H17N5O/c1-13-18-19(14-8-10-16(27-2)11-9-14)17(12-22)20(23)24-21(18)26(25-13)15-6-4-3-5-7-15/h3-11H,1-2H3,(H2,23,24). The van der Waals surface area contributed by atoms with Crippen LogP contribution in [0.1, 0.15) is 11.3 Å². The first-order chi connectivity index (χ1) is 13.1. The molecule has 4 rings (SSSR count). The van der Waals surface area contributed by atoms with E-state index in [1.54, 1.807) is 11.8 Å². The smallest absolute Gasteiger partial charge is 0.166 e. The number of hydrogen-bond acceptors (Lipinski definition) is 5. The number of anilines is 1. The Balaban J connectivity index is 2.08. The van der Waals surface area contributed by atoms with Crippen LogP contribution in [0.2, 0.25) is 0 Å². The van der Waals surface area contributed by atoms with Gasteiger partial charge in [-0.3, -0.25) is 0 Å². The molecule has 0 amide bonds. The van der Waals surface area contributed by atoms with Gasteiger partial charge in [-0.2, -0.15) is 10.4 Å². The highest BCUT2D eigenvalue weighted by molar-refractivity contribution is 6.00. The zero-order valence-corrected chi connectivity index (χ0v) is 15.0. The largest absolute Gasteiger partial charge is 0.497 e. The maximum absolute atomic E-state index is 9.71. The highest BCUT2D eigenvalue weighted by Crippen LogP contribution is 2.37. The molecule has 0 saturated heterocycles. The third kappa shape index (κ3) is 2.66. The molecule has 27 heavy (non-hydrogen) atoms. The fourth-order valence-electron chi connectivity index (χ4n) is 3.24. The number of pyridine rings is 1. The van der Waals surface area contributed by atoms with Crippen molar-refractivity contribution in [3.05, 3.63) is 65.9 Å². The van der Waals surface area contributed by atoms with Gasteiger partial charge in [0.25, 0.3) is 0 Å². The van der Waals surface area contributed by atoms with E-state index in [2.05, 4.69) is 16.2 Å². The summed E-state index contributed by atoms with van der Waals surface area (Å²) in [4.78, 5) is 4.49. The van der Waals surface area contributed by atoms with Gasteiger partial charge >= 0.3 is 0 Å². The third-order valence-corrected chi connectivity index (χ3v) is 4.51. The Kier molecular flexibility index (Phi) is 3.98. The Hall–Kier alpha value is -3.85. The second kappa shape index (κ2) is 6.46. The minimum atomic E-state index is 0.188. The van der Waals surface area contributed by atoms with E-state index in [1.165, 1.54) is 0 Å². The highest BCUT2D eigenvalue weighted by Gasteiger charge is 2.21. The highest BCUT2D eigenvalue weighted by atomic mass is 16.5. The van der Waals surface area contributed by atoms with Crippen molar-refractivity contribution in [2.24, 2.45) is 0 Å². The van der Waals surface area contributed by atoms with Gasteiger partial charge in [-0.25, -0.2) is 9.67 Å². The summed E-state index contributed by atoms with van der Waals surface area (Å²) in [5.41, 5.74) is 10.4. The monoisotopic (exact) mass is 355 g/mol. The van der Waals surface area contributed by atoms with E-state index >= 15 is 0 Å². The second-order valence-electron chi connectivity index (χ2n) is 6.12. The van der Waals surface area contributed by atoms with E-state index in [9.17, 15) is 5.26 Å².